The van der Waals surface area contributed by atoms with Gasteiger partial charge in [0.25, 0.3) is 0 Å². The molecule has 0 unspecified atom stereocenters. The predicted molar refractivity (Wildman–Crippen MR) is 182 cm³/mol. The summed E-state index contributed by atoms with van der Waals surface area (Å²) >= 11 is 1.77. The Hall–Kier alpha value is -5.38. The second-order valence-corrected chi connectivity index (χ2v) is 11.7. The van der Waals surface area contributed by atoms with E-state index in [0.717, 1.165) is 38.2 Å². The number of thiophene rings is 1. The fraction of sp³-hybridized carbons (Fsp3) is 0. The minimum absolute atomic E-state index is 0.733. The maximum absolute atomic E-state index is 5.31. The molecular weight excluding hydrogens is 541 g/mol. The Kier molecular flexibility index (Phi) is 6.36. The van der Waals surface area contributed by atoms with Crippen LogP contribution in [-0.2, 0) is 0 Å². The predicted octanol–water partition coefficient (Wildman–Crippen LogP) is 11.2. The van der Waals surface area contributed by atoms with Crippen LogP contribution in [0.3, 0.4) is 0 Å². The molecule has 0 saturated carbocycles. The highest BCUT2D eigenvalue weighted by molar-refractivity contribution is 7.26. The lowest BCUT2D eigenvalue weighted by molar-refractivity contribution is 1.24. The summed E-state index contributed by atoms with van der Waals surface area (Å²) in [6, 6.07) is 55.6. The fourth-order valence-corrected chi connectivity index (χ4v) is 6.87. The van der Waals surface area contributed by atoms with Gasteiger partial charge in [-0.15, -0.1) is 11.3 Å². The Morgan fingerprint density at radius 3 is 1.44 bits per heavy atom. The van der Waals surface area contributed by atoms with E-state index in [0.29, 0.717) is 0 Å². The van der Waals surface area contributed by atoms with E-state index in [4.69, 9.17) is 9.97 Å². The zero-order valence-electron chi connectivity index (χ0n) is 23.3. The molecule has 0 atom stereocenters. The van der Waals surface area contributed by atoms with Crippen molar-refractivity contribution in [1.82, 2.24) is 9.97 Å². The lowest BCUT2D eigenvalue weighted by Crippen LogP contribution is -1.95. The van der Waals surface area contributed by atoms with Crippen LogP contribution >= 0.6 is 11.3 Å². The van der Waals surface area contributed by atoms with Crippen molar-refractivity contribution in [3.05, 3.63) is 158 Å². The Labute approximate surface area is 254 Å². The van der Waals surface area contributed by atoms with Gasteiger partial charge in [-0.2, -0.15) is 0 Å². The topological polar surface area (TPSA) is 25.8 Å². The summed E-state index contributed by atoms with van der Waals surface area (Å²) in [5, 5.41) is 1.16. The van der Waals surface area contributed by atoms with Gasteiger partial charge in [0.05, 0.1) is 15.9 Å². The first-order valence-electron chi connectivity index (χ1n) is 14.4. The van der Waals surface area contributed by atoms with Crippen molar-refractivity contribution in [2.24, 2.45) is 0 Å². The molecule has 0 bridgehead atoms. The second kappa shape index (κ2) is 10.8. The third-order valence-corrected chi connectivity index (χ3v) is 9.06. The minimum Gasteiger partial charge on any atom is -0.226 e. The third-order valence-electron chi connectivity index (χ3n) is 7.89. The van der Waals surface area contributed by atoms with E-state index in [1.807, 2.05) is 6.07 Å². The molecule has 6 aromatic carbocycles. The van der Waals surface area contributed by atoms with Crippen LogP contribution in [0.2, 0.25) is 0 Å². The van der Waals surface area contributed by atoms with E-state index in [9.17, 15) is 0 Å². The maximum atomic E-state index is 5.31. The summed E-state index contributed by atoms with van der Waals surface area (Å²) in [7, 11) is 0. The van der Waals surface area contributed by atoms with Crippen LogP contribution in [-0.4, -0.2) is 9.97 Å². The summed E-state index contributed by atoms with van der Waals surface area (Å²) in [4.78, 5) is 10.5. The highest BCUT2D eigenvalue weighted by Gasteiger charge is 2.18. The number of hydrogen-bond donors (Lipinski definition) is 0. The van der Waals surface area contributed by atoms with Gasteiger partial charge in [-0.05, 0) is 57.6 Å². The SMILES string of the molecule is c1ccc(-c2ccc(-c3nc(-c4cc(-c5ccccc5)cc(-c5ccccc5)c4)c4sc5ccccc5c4n3)cc2)cc1. The van der Waals surface area contributed by atoms with E-state index in [2.05, 4.69) is 152 Å². The summed E-state index contributed by atoms with van der Waals surface area (Å²) in [5.74, 6) is 0.733. The molecule has 0 aliphatic rings. The molecule has 43 heavy (non-hydrogen) atoms. The van der Waals surface area contributed by atoms with Gasteiger partial charge in [-0.25, -0.2) is 9.97 Å². The summed E-state index contributed by atoms with van der Waals surface area (Å²) in [5.41, 5.74) is 11.1. The molecule has 0 radical (unpaired) electrons. The summed E-state index contributed by atoms with van der Waals surface area (Å²) < 4.78 is 2.32. The molecule has 0 N–H and O–H groups in total. The molecule has 2 nitrogen and oxygen atoms in total. The van der Waals surface area contributed by atoms with Gasteiger partial charge in [0.2, 0.25) is 0 Å². The van der Waals surface area contributed by atoms with Crippen molar-refractivity contribution in [3.8, 4) is 56.0 Å². The van der Waals surface area contributed by atoms with Crippen molar-refractivity contribution < 1.29 is 0 Å². The van der Waals surface area contributed by atoms with Crippen molar-refractivity contribution >= 4 is 31.6 Å². The van der Waals surface area contributed by atoms with Crippen LogP contribution < -0.4 is 0 Å². The number of fused-ring (bicyclic) bond motifs is 3. The molecule has 202 valence electrons. The molecule has 2 aromatic heterocycles. The Balaban J connectivity index is 1.36. The average molecular weight is 567 g/mol. The molecular formula is C40H26N2S. The molecule has 3 heteroatoms. The molecule has 0 spiro atoms. The minimum atomic E-state index is 0.733. The average Bonchev–Trinajstić information content (AvgIpc) is 3.48. The van der Waals surface area contributed by atoms with E-state index in [1.54, 1.807) is 11.3 Å². The van der Waals surface area contributed by atoms with Crippen LogP contribution in [0.4, 0.5) is 0 Å². The van der Waals surface area contributed by atoms with Gasteiger partial charge >= 0.3 is 0 Å². The summed E-state index contributed by atoms with van der Waals surface area (Å²) in [6.07, 6.45) is 0. The van der Waals surface area contributed by atoms with Gasteiger partial charge in [0.15, 0.2) is 5.82 Å². The fourth-order valence-electron chi connectivity index (χ4n) is 5.72. The largest absolute Gasteiger partial charge is 0.226 e. The highest BCUT2D eigenvalue weighted by atomic mass is 32.1. The molecule has 0 fully saturated rings. The van der Waals surface area contributed by atoms with Crippen LogP contribution in [0.1, 0.15) is 0 Å². The smallest absolute Gasteiger partial charge is 0.160 e. The maximum Gasteiger partial charge on any atom is 0.160 e. The first-order chi connectivity index (χ1) is 21.3. The number of benzene rings is 6. The number of nitrogens with zero attached hydrogens (tertiary/aromatic N) is 2. The van der Waals surface area contributed by atoms with Crippen molar-refractivity contribution in [2.75, 3.05) is 0 Å². The Morgan fingerprint density at radius 1 is 0.372 bits per heavy atom. The first-order valence-corrected chi connectivity index (χ1v) is 15.2. The Bertz CT molecular complexity index is 2140. The molecule has 0 amide bonds. The highest BCUT2D eigenvalue weighted by Crippen LogP contribution is 2.41. The third kappa shape index (κ3) is 4.80. The standard InChI is InChI=1S/C40H26N2S/c1-4-12-27(13-5-1)30-20-22-31(23-21-30)40-41-37(39-38(42-40)35-18-10-11-19-36(35)43-39)34-25-32(28-14-6-2-7-15-28)24-33(26-34)29-16-8-3-9-17-29/h1-26H. The van der Waals surface area contributed by atoms with E-state index in [1.165, 1.54) is 38.1 Å². The lowest BCUT2D eigenvalue weighted by atomic mass is 9.94. The molecule has 2 heterocycles. The van der Waals surface area contributed by atoms with Gasteiger partial charge < -0.3 is 0 Å². The van der Waals surface area contributed by atoms with E-state index < -0.39 is 0 Å². The number of aromatic nitrogens is 2. The van der Waals surface area contributed by atoms with Crippen molar-refractivity contribution in [2.45, 2.75) is 0 Å². The number of hydrogen-bond acceptors (Lipinski definition) is 3. The lowest BCUT2D eigenvalue weighted by Gasteiger charge is -2.13. The summed E-state index contributed by atoms with van der Waals surface area (Å²) in [6.45, 7) is 0. The zero-order valence-corrected chi connectivity index (χ0v) is 24.1. The van der Waals surface area contributed by atoms with Crippen molar-refractivity contribution in [1.29, 1.82) is 0 Å². The normalized spacial score (nSPS) is 11.3. The van der Waals surface area contributed by atoms with Crippen LogP contribution in [0, 0.1) is 0 Å². The molecule has 0 aliphatic heterocycles. The van der Waals surface area contributed by atoms with E-state index in [-0.39, 0.29) is 0 Å². The quantitative estimate of drug-likeness (QED) is 0.207. The molecule has 8 rings (SSSR count). The van der Waals surface area contributed by atoms with Crippen LogP contribution in [0.15, 0.2) is 158 Å². The Morgan fingerprint density at radius 2 is 0.837 bits per heavy atom. The molecule has 8 aromatic rings. The van der Waals surface area contributed by atoms with Gasteiger partial charge in [-0.3, -0.25) is 0 Å². The van der Waals surface area contributed by atoms with E-state index >= 15 is 0 Å². The van der Waals surface area contributed by atoms with Gasteiger partial charge in [0, 0.05) is 21.2 Å². The molecule has 0 saturated heterocycles. The second-order valence-electron chi connectivity index (χ2n) is 10.6. The molecule has 0 aliphatic carbocycles. The first kappa shape index (κ1) is 25.3. The van der Waals surface area contributed by atoms with Gasteiger partial charge in [-0.1, -0.05) is 133 Å². The monoisotopic (exact) mass is 566 g/mol. The van der Waals surface area contributed by atoms with Gasteiger partial charge in [0.1, 0.15) is 0 Å². The van der Waals surface area contributed by atoms with Crippen LogP contribution in [0.5, 0.6) is 0 Å². The number of rotatable bonds is 5. The van der Waals surface area contributed by atoms with Crippen LogP contribution in [0.25, 0.3) is 76.3 Å². The zero-order chi connectivity index (χ0) is 28.6. The van der Waals surface area contributed by atoms with Crippen molar-refractivity contribution in [3.63, 3.8) is 0 Å².